The van der Waals surface area contributed by atoms with Crippen LogP contribution >= 0.6 is 11.8 Å². The molecule has 2 aromatic carbocycles. The summed E-state index contributed by atoms with van der Waals surface area (Å²) in [6.07, 6.45) is 1.43. The number of benzene rings is 2. The highest BCUT2D eigenvalue weighted by molar-refractivity contribution is 8.00. The fraction of sp³-hybridized carbons (Fsp3) is 0.188. The van der Waals surface area contributed by atoms with Gasteiger partial charge in [-0.2, -0.15) is 0 Å². The van der Waals surface area contributed by atoms with Crippen LogP contribution < -0.4 is 0 Å². The summed E-state index contributed by atoms with van der Waals surface area (Å²) in [4.78, 5) is 12.3. The van der Waals surface area contributed by atoms with Gasteiger partial charge in [-0.05, 0) is 30.5 Å². The van der Waals surface area contributed by atoms with Gasteiger partial charge in [-0.1, -0.05) is 48.5 Å². The first-order chi connectivity index (χ1) is 9.25. The van der Waals surface area contributed by atoms with E-state index in [4.69, 9.17) is 0 Å². The van der Waals surface area contributed by atoms with E-state index in [1.807, 2.05) is 60.7 Å². The van der Waals surface area contributed by atoms with Crippen molar-refractivity contribution in [2.24, 2.45) is 0 Å². The second-order valence-electron chi connectivity index (χ2n) is 4.28. The van der Waals surface area contributed by atoms with Gasteiger partial charge in [0.1, 0.15) is 5.25 Å². The largest absolute Gasteiger partial charge is 0.480 e. The third-order valence-corrected chi connectivity index (χ3v) is 4.10. The molecule has 0 fully saturated rings. The molecule has 0 aromatic heterocycles. The lowest BCUT2D eigenvalue weighted by Crippen LogP contribution is -2.17. The van der Waals surface area contributed by atoms with Gasteiger partial charge in [0, 0.05) is 4.90 Å². The monoisotopic (exact) mass is 272 g/mol. The topological polar surface area (TPSA) is 37.3 Å². The van der Waals surface area contributed by atoms with Gasteiger partial charge in [0.2, 0.25) is 0 Å². The third kappa shape index (κ3) is 4.45. The number of carboxylic acids is 1. The Morgan fingerprint density at radius 2 is 1.58 bits per heavy atom. The van der Waals surface area contributed by atoms with Gasteiger partial charge < -0.3 is 5.11 Å². The highest BCUT2D eigenvalue weighted by atomic mass is 32.2. The maximum atomic E-state index is 11.3. The van der Waals surface area contributed by atoms with Crippen LogP contribution in [0, 0.1) is 0 Å². The molecule has 2 aromatic rings. The molecule has 3 heteroatoms. The van der Waals surface area contributed by atoms with Crippen molar-refractivity contribution >= 4 is 17.7 Å². The van der Waals surface area contributed by atoms with Crippen molar-refractivity contribution in [2.75, 3.05) is 0 Å². The molecule has 2 rings (SSSR count). The van der Waals surface area contributed by atoms with Crippen LogP contribution in [0.1, 0.15) is 12.0 Å². The summed E-state index contributed by atoms with van der Waals surface area (Å²) in [5.74, 6) is -0.746. The van der Waals surface area contributed by atoms with E-state index in [0.29, 0.717) is 6.42 Å². The van der Waals surface area contributed by atoms with Gasteiger partial charge in [0.05, 0.1) is 0 Å². The number of aliphatic carboxylic acids is 1. The Balaban J connectivity index is 1.95. The van der Waals surface area contributed by atoms with Gasteiger partial charge in [0.15, 0.2) is 0 Å². The van der Waals surface area contributed by atoms with Crippen LogP contribution in [0.3, 0.4) is 0 Å². The molecule has 0 radical (unpaired) electrons. The molecule has 0 aliphatic rings. The summed E-state index contributed by atoms with van der Waals surface area (Å²) in [5, 5.41) is 8.89. The minimum Gasteiger partial charge on any atom is -0.480 e. The lowest BCUT2D eigenvalue weighted by Gasteiger charge is -2.12. The van der Waals surface area contributed by atoms with E-state index in [1.54, 1.807) is 0 Å². The SMILES string of the molecule is O=C(O)C(CCc1ccccc1)Sc1ccccc1. The number of rotatable bonds is 6. The second-order valence-corrected chi connectivity index (χ2v) is 5.56. The van der Waals surface area contributed by atoms with Gasteiger partial charge in [-0.3, -0.25) is 4.79 Å². The average molecular weight is 272 g/mol. The molecule has 0 aliphatic heterocycles. The molecule has 1 unspecified atom stereocenters. The standard InChI is InChI=1S/C16H16O2S/c17-16(18)15(19-14-9-5-2-6-10-14)12-11-13-7-3-1-4-8-13/h1-10,15H,11-12H2,(H,17,18). The summed E-state index contributed by atoms with van der Waals surface area (Å²) in [6, 6.07) is 19.7. The molecule has 2 nitrogen and oxygen atoms in total. The number of hydrogen-bond donors (Lipinski definition) is 1. The number of aryl methyl sites for hydroxylation is 1. The van der Waals surface area contributed by atoms with E-state index in [9.17, 15) is 9.90 Å². The Bertz CT molecular complexity index is 511. The molecule has 0 saturated heterocycles. The highest BCUT2D eigenvalue weighted by Gasteiger charge is 2.18. The minimum atomic E-state index is -0.746. The maximum Gasteiger partial charge on any atom is 0.316 e. The molecule has 1 N–H and O–H groups in total. The van der Waals surface area contributed by atoms with Crippen molar-refractivity contribution in [3.8, 4) is 0 Å². The van der Waals surface area contributed by atoms with Gasteiger partial charge in [-0.15, -0.1) is 11.8 Å². The van der Waals surface area contributed by atoms with Crippen molar-refractivity contribution < 1.29 is 9.90 Å². The highest BCUT2D eigenvalue weighted by Crippen LogP contribution is 2.26. The number of carbonyl (C=O) groups is 1. The lowest BCUT2D eigenvalue weighted by atomic mass is 10.1. The van der Waals surface area contributed by atoms with Crippen molar-refractivity contribution in [2.45, 2.75) is 23.0 Å². The Hall–Kier alpha value is -1.74. The smallest absolute Gasteiger partial charge is 0.316 e. The first kappa shape index (κ1) is 13.7. The van der Waals surface area contributed by atoms with Crippen LogP contribution in [-0.2, 0) is 11.2 Å². The van der Waals surface area contributed by atoms with Crippen LogP contribution in [0.25, 0.3) is 0 Å². The lowest BCUT2D eigenvalue weighted by molar-refractivity contribution is -0.136. The molecule has 19 heavy (non-hydrogen) atoms. The zero-order valence-corrected chi connectivity index (χ0v) is 11.3. The molecule has 1 atom stereocenters. The fourth-order valence-electron chi connectivity index (χ4n) is 1.84. The molecule has 0 amide bonds. The van der Waals surface area contributed by atoms with E-state index in [2.05, 4.69) is 0 Å². The van der Waals surface area contributed by atoms with Crippen LogP contribution in [0.15, 0.2) is 65.6 Å². The van der Waals surface area contributed by atoms with Gasteiger partial charge in [0.25, 0.3) is 0 Å². The molecule has 0 saturated carbocycles. The Labute approximate surface area is 117 Å². The van der Waals surface area contributed by atoms with E-state index in [1.165, 1.54) is 17.3 Å². The van der Waals surface area contributed by atoms with Gasteiger partial charge >= 0.3 is 5.97 Å². The van der Waals surface area contributed by atoms with Crippen molar-refractivity contribution in [1.82, 2.24) is 0 Å². The summed E-state index contributed by atoms with van der Waals surface area (Å²) in [7, 11) is 0. The molecular formula is C16H16O2S. The van der Waals surface area contributed by atoms with E-state index < -0.39 is 11.2 Å². The third-order valence-electron chi connectivity index (χ3n) is 2.84. The summed E-state index contributed by atoms with van der Waals surface area (Å²) in [6.45, 7) is 0. The molecule has 98 valence electrons. The molecule has 0 aliphatic carbocycles. The summed E-state index contributed by atoms with van der Waals surface area (Å²) >= 11 is 1.42. The fourth-order valence-corrected chi connectivity index (χ4v) is 2.82. The van der Waals surface area contributed by atoms with E-state index >= 15 is 0 Å². The first-order valence-corrected chi connectivity index (χ1v) is 7.12. The predicted molar refractivity (Wildman–Crippen MR) is 78.5 cm³/mol. The Kier molecular flexibility index (Phi) is 5.04. The van der Waals surface area contributed by atoms with Crippen LogP contribution in [0.4, 0.5) is 0 Å². The van der Waals surface area contributed by atoms with Crippen LogP contribution in [0.2, 0.25) is 0 Å². The van der Waals surface area contributed by atoms with Crippen molar-refractivity contribution in [1.29, 1.82) is 0 Å². The van der Waals surface area contributed by atoms with Crippen LogP contribution in [-0.4, -0.2) is 16.3 Å². The molecular weight excluding hydrogens is 256 g/mol. The Morgan fingerprint density at radius 1 is 1.00 bits per heavy atom. The first-order valence-electron chi connectivity index (χ1n) is 6.24. The molecule has 0 heterocycles. The van der Waals surface area contributed by atoms with Crippen LogP contribution in [0.5, 0.6) is 0 Å². The van der Waals surface area contributed by atoms with Gasteiger partial charge in [-0.25, -0.2) is 0 Å². The maximum absolute atomic E-state index is 11.3. The van der Waals surface area contributed by atoms with Crippen molar-refractivity contribution in [3.63, 3.8) is 0 Å². The zero-order valence-electron chi connectivity index (χ0n) is 10.5. The average Bonchev–Trinajstić information content (AvgIpc) is 2.45. The molecule has 0 bridgehead atoms. The molecule has 0 spiro atoms. The normalized spacial score (nSPS) is 12.0. The number of thioether (sulfide) groups is 1. The number of hydrogen-bond acceptors (Lipinski definition) is 2. The Morgan fingerprint density at radius 3 is 2.16 bits per heavy atom. The minimum absolute atomic E-state index is 0.400. The van der Waals surface area contributed by atoms with Crippen molar-refractivity contribution in [3.05, 3.63) is 66.2 Å². The van der Waals surface area contributed by atoms with E-state index in [-0.39, 0.29) is 0 Å². The van der Waals surface area contributed by atoms with E-state index in [0.717, 1.165) is 11.3 Å². The summed E-state index contributed by atoms with van der Waals surface area (Å²) in [5.41, 5.74) is 1.18. The summed E-state index contributed by atoms with van der Waals surface area (Å²) < 4.78 is 0. The zero-order chi connectivity index (χ0) is 13.5. The number of carboxylic acid groups (broad SMARTS) is 1. The second kappa shape index (κ2) is 7.00. The predicted octanol–water partition coefficient (Wildman–Crippen LogP) is 3.86. The quantitative estimate of drug-likeness (QED) is 0.811.